The first-order valence-corrected chi connectivity index (χ1v) is 8.30. The quantitative estimate of drug-likeness (QED) is 0.865. The first-order chi connectivity index (χ1) is 11.1. The van der Waals surface area contributed by atoms with Crippen molar-refractivity contribution in [3.63, 3.8) is 0 Å². The monoisotopic (exact) mass is 308 g/mol. The summed E-state index contributed by atoms with van der Waals surface area (Å²) in [6.07, 6.45) is 4.44. The van der Waals surface area contributed by atoms with Gasteiger partial charge < -0.3 is 9.80 Å². The molecule has 1 amide bonds. The number of nitrogens with one attached hydrogen (secondary N) is 1. The molecule has 4 nitrogen and oxygen atoms in total. The number of carbonyl (C=O) groups excluding carboxylic acids is 1. The van der Waals surface area contributed by atoms with E-state index in [1.54, 1.807) is 17.3 Å². The molecule has 118 valence electrons. The molecule has 3 heterocycles. The highest BCUT2D eigenvalue weighted by Crippen LogP contribution is 2.43. The van der Waals surface area contributed by atoms with Crippen LogP contribution in [0.2, 0.25) is 0 Å². The lowest BCUT2D eigenvalue weighted by Crippen LogP contribution is -3.11. The summed E-state index contributed by atoms with van der Waals surface area (Å²) in [5, 5.41) is 0. The lowest BCUT2D eigenvalue weighted by molar-refractivity contribution is -0.886. The molecule has 2 aliphatic heterocycles. The van der Waals surface area contributed by atoms with Crippen molar-refractivity contribution in [1.29, 1.82) is 0 Å². The van der Waals surface area contributed by atoms with Gasteiger partial charge in [0.25, 0.3) is 5.91 Å². The van der Waals surface area contributed by atoms with Crippen LogP contribution in [0.1, 0.15) is 33.8 Å². The molecule has 1 saturated heterocycles. The number of likely N-dealkylation sites (tertiary alicyclic amines) is 1. The molecule has 0 spiro atoms. The number of anilines is 1. The van der Waals surface area contributed by atoms with Crippen molar-refractivity contribution in [2.75, 3.05) is 25.0 Å². The average Bonchev–Trinajstić information content (AvgIpc) is 2.88. The second-order valence-corrected chi connectivity index (χ2v) is 6.85. The summed E-state index contributed by atoms with van der Waals surface area (Å²) >= 11 is 0. The Labute approximate surface area is 136 Å². The Kier molecular flexibility index (Phi) is 3.42. The van der Waals surface area contributed by atoms with Crippen LogP contribution in [0.5, 0.6) is 0 Å². The van der Waals surface area contributed by atoms with E-state index in [2.05, 4.69) is 37.2 Å². The molecule has 1 unspecified atom stereocenters. The maximum Gasteiger partial charge on any atom is 0.258 e. The molecule has 1 aromatic carbocycles. The zero-order chi connectivity index (χ0) is 16.0. The van der Waals surface area contributed by atoms with Gasteiger partial charge in [-0.15, -0.1) is 0 Å². The van der Waals surface area contributed by atoms with Crippen LogP contribution in [-0.4, -0.2) is 37.1 Å². The van der Waals surface area contributed by atoms with E-state index in [4.69, 9.17) is 0 Å². The molecular weight excluding hydrogens is 286 g/mol. The van der Waals surface area contributed by atoms with Gasteiger partial charge in [0, 0.05) is 30.1 Å². The van der Waals surface area contributed by atoms with E-state index in [0.717, 1.165) is 30.8 Å². The number of benzene rings is 1. The van der Waals surface area contributed by atoms with Gasteiger partial charge in [-0.25, -0.2) is 0 Å². The van der Waals surface area contributed by atoms with Gasteiger partial charge in [-0.2, -0.15) is 0 Å². The fourth-order valence-electron chi connectivity index (χ4n) is 4.10. The number of hydrogen-bond acceptors (Lipinski definition) is 2. The van der Waals surface area contributed by atoms with Gasteiger partial charge in [-0.3, -0.25) is 9.78 Å². The molecular formula is C19H22N3O+. The molecule has 1 fully saturated rings. The van der Waals surface area contributed by atoms with E-state index in [9.17, 15) is 4.79 Å². The van der Waals surface area contributed by atoms with Gasteiger partial charge in [-0.05, 0) is 30.7 Å². The third kappa shape index (κ3) is 2.34. The first-order valence-electron chi connectivity index (χ1n) is 8.30. The predicted octanol–water partition coefficient (Wildman–Crippen LogP) is 1.42. The fourth-order valence-corrected chi connectivity index (χ4v) is 4.10. The molecule has 3 atom stereocenters. The Morgan fingerprint density at radius 3 is 2.83 bits per heavy atom. The van der Waals surface area contributed by atoms with Gasteiger partial charge >= 0.3 is 0 Å². The summed E-state index contributed by atoms with van der Waals surface area (Å²) in [7, 11) is 2.25. The van der Waals surface area contributed by atoms with Crippen LogP contribution in [-0.2, 0) is 0 Å². The van der Waals surface area contributed by atoms with Crippen LogP contribution in [0.4, 0.5) is 5.69 Å². The lowest BCUT2D eigenvalue weighted by atomic mass is 9.89. The van der Waals surface area contributed by atoms with Crippen LogP contribution >= 0.6 is 0 Å². The number of pyridine rings is 1. The van der Waals surface area contributed by atoms with Crippen LogP contribution < -0.4 is 9.80 Å². The fraction of sp³-hybridized carbons (Fsp3) is 0.368. The van der Waals surface area contributed by atoms with Crippen molar-refractivity contribution in [2.45, 2.75) is 25.3 Å². The molecule has 2 aromatic rings. The Hall–Kier alpha value is -2.20. The summed E-state index contributed by atoms with van der Waals surface area (Å²) in [6.45, 7) is 4.34. The molecule has 2 aliphatic rings. The van der Waals surface area contributed by atoms with Gasteiger partial charge in [-0.1, -0.05) is 17.7 Å². The highest BCUT2D eigenvalue weighted by atomic mass is 16.2. The van der Waals surface area contributed by atoms with Crippen LogP contribution in [0, 0.1) is 6.92 Å². The molecule has 1 N–H and O–H groups in total. The minimum absolute atomic E-state index is 0.101. The van der Waals surface area contributed by atoms with Gasteiger partial charge in [0.2, 0.25) is 0 Å². The second kappa shape index (κ2) is 5.46. The smallest absolute Gasteiger partial charge is 0.258 e. The average molecular weight is 308 g/mol. The zero-order valence-corrected chi connectivity index (χ0v) is 13.6. The van der Waals surface area contributed by atoms with Crippen molar-refractivity contribution >= 4 is 11.6 Å². The molecule has 0 radical (unpaired) electrons. The number of carbonyl (C=O) groups is 1. The summed E-state index contributed by atoms with van der Waals surface area (Å²) in [5.41, 5.74) is 4.43. The second-order valence-electron chi connectivity index (χ2n) is 6.85. The van der Waals surface area contributed by atoms with Crippen molar-refractivity contribution in [2.24, 2.45) is 0 Å². The van der Waals surface area contributed by atoms with Crippen molar-refractivity contribution < 1.29 is 9.69 Å². The third-order valence-corrected chi connectivity index (χ3v) is 5.22. The van der Waals surface area contributed by atoms with Crippen molar-refractivity contribution in [3.05, 3.63) is 59.4 Å². The Bertz CT molecular complexity index is 744. The van der Waals surface area contributed by atoms with Crippen LogP contribution in [0.15, 0.2) is 42.7 Å². The predicted molar refractivity (Wildman–Crippen MR) is 90.0 cm³/mol. The summed E-state index contributed by atoms with van der Waals surface area (Å²) in [6, 6.07) is 10.4. The Morgan fingerprint density at radius 1 is 1.26 bits per heavy atom. The molecule has 1 aromatic heterocycles. The van der Waals surface area contributed by atoms with E-state index < -0.39 is 0 Å². The van der Waals surface area contributed by atoms with E-state index >= 15 is 0 Å². The highest BCUT2D eigenvalue weighted by molar-refractivity contribution is 6.08. The number of rotatable bonds is 1. The van der Waals surface area contributed by atoms with E-state index in [0.29, 0.717) is 5.92 Å². The Balaban J connectivity index is 1.79. The maximum atomic E-state index is 13.1. The molecule has 23 heavy (non-hydrogen) atoms. The number of quaternary nitrogens is 1. The highest BCUT2D eigenvalue weighted by Gasteiger charge is 2.45. The van der Waals surface area contributed by atoms with Gasteiger partial charge in [0.05, 0.1) is 32.1 Å². The Morgan fingerprint density at radius 2 is 2.04 bits per heavy atom. The van der Waals surface area contributed by atoms with Crippen LogP contribution in [0.3, 0.4) is 0 Å². The molecule has 0 aliphatic carbocycles. The van der Waals surface area contributed by atoms with E-state index in [1.165, 1.54) is 11.1 Å². The number of piperidine rings is 1. The number of fused-ring (bicyclic) bond motifs is 3. The van der Waals surface area contributed by atoms with E-state index in [-0.39, 0.29) is 11.9 Å². The number of aromatic nitrogens is 1. The van der Waals surface area contributed by atoms with Crippen molar-refractivity contribution in [3.8, 4) is 0 Å². The number of aryl methyl sites for hydroxylation is 1. The normalized spacial score (nSPS) is 25.8. The standard InChI is InChI=1S/C19H21N3O/c1-13-3-4-17-15(11-13)16-12-21(2)10-7-18(16)22(17)19(23)14-5-8-20-9-6-14/h3-6,8-9,11,16,18H,7,10,12H2,1-2H3/p+1/t16-,18-/m0/s1. The van der Waals surface area contributed by atoms with E-state index in [1.807, 2.05) is 17.0 Å². The lowest BCUT2D eigenvalue weighted by Gasteiger charge is -2.34. The SMILES string of the molecule is Cc1ccc2c(c1)[C@@H]1C[NH+](C)CC[C@@H]1N2C(=O)c1ccncc1. The summed E-state index contributed by atoms with van der Waals surface area (Å²) < 4.78 is 0. The number of likely N-dealkylation sites (N-methyl/N-ethyl adjacent to an activating group) is 1. The largest absolute Gasteiger partial charge is 0.337 e. The number of hydrogen-bond donors (Lipinski definition) is 1. The minimum Gasteiger partial charge on any atom is -0.337 e. The minimum atomic E-state index is 0.101. The maximum absolute atomic E-state index is 13.1. The number of amides is 1. The molecule has 0 bridgehead atoms. The van der Waals surface area contributed by atoms with Crippen LogP contribution in [0.25, 0.3) is 0 Å². The first kappa shape index (κ1) is 14.4. The summed E-state index contributed by atoms with van der Waals surface area (Å²) in [5.74, 6) is 0.550. The molecule has 4 rings (SSSR count). The van der Waals surface area contributed by atoms with Crippen molar-refractivity contribution in [1.82, 2.24) is 4.98 Å². The topological polar surface area (TPSA) is 37.6 Å². The molecule has 4 heteroatoms. The summed E-state index contributed by atoms with van der Waals surface area (Å²) in [4.78, 5) is 20.7. The zero-order valence-electron chi connectivity index (χ0n) is 13.6. The van der Waals surface area contributed by atoms with Gasteiger partial charge in [0.15, 0.2) is 0 Å². The number of nitrogens with zero attached hydrogens (tertiary/aromatic N) is 2. The van der Waals surface area contributed by atoms with Gasteiger partial charge in [0.1, 0.15) is 0 Å². The third-order valence-electron chi connectivity index (χ3n) is 5.22. The molecule has 0 saturated carbocycles.